The van der Waals surface area contributed by atoms with Gasteiger partial charge in [0.1, 0.15) is 18.0 Å². The fourth-order valence-corrected chi connectivity index (χ4v) is 2.68. The van der Waals surface area contributed by atoms with E-state index in [-0.39, 0.29) is 5.91 Å². The molecule has 118 valence electrons. The van der Waals surface area contributed by atoms with Gasteiger partial charge in [0.05, 0.1) is 0 Å². The number of amides is 1. The second kappa shape index (κ2) is 7.24. The van der Waals surface area contributed by atoms with Crippen LogP contribution >= 0.6 is 11.6 Å². The first-order valence-corrected chi connectivity index (χ1v) is 7.91. The number of hydrogen-bond donors (Lipinski definition) is 1. The Bertz CT molecular complexity index is 726. The third kappa shape index (κ3) is 4.07. The minimum Gasteiger partial charge on any atom is -0.356 e. The van der Waals surface area contributed by atoms with E-state index in [0.717, 1.165) is 24.5 Å². The van der Waals surface area contributed by atoms with Crippen molar-refractivity contribution in [1.82, 2.24) is 9.97 Å². The summed E-state index contributed by atoms with van der Waals surface area (Å²) in [5.74, 6) is 1.09. The summed E-state index contributed by atoms with van der Waals surface area (Å²) >= 11 is 6.05. The number of rotatable bonds is 4. The van der Waals surface area contributed by atoms with Crippen LogP contribution in [0.4, 0.5) is 11.6 Å². The molecule has 1 N–H and O–H groups in total. The van der Waals surface area contributed by atoms with Gasteiger partial charge in [0.2, 0.25) is 5.91 Å². The Labute approximate surface area is 140 Å². The first-order chi connectivity index (χ1) is 11.2. The molecule has 23 heavy (non-hydrogen) atoms. The lowest BCUT2D eigenvalue weighted by Crippen LogP contribution is -2.19. The number of aromatic nitrogens is 2. The van der Waals surface area contributed by atoms with Gasteiger partial charge in [-0.25, -0.2) is 9.97 Å². The number of halogens is 1. The van der Waals surface area contributed by atoms with Crippen LogP contribution < -0.4 is 10.2 Å². The summed E-state index contributed by atoms with van der Waals surface area (Å²) in [6.45, 7) is 1.99. The second-order valence-corrected chi connectivity index (χ2v) is 5.71. The number of anilines is 2. The zero-order valence-corrected chi connectivity index (χ0v) is 13.3. The molecule has 0 bridgehead atoms. The summed E-state index contributed by atoms with van der Waals surface area (Å²) in [5, 5.41) is 3.36. The zero-order chi connectivity index (χ0) is 16.1. The number of nitrogens with one attached hydrogen (secondary N) is 1. The fraction of sp³-hybridized carbons (Fsp3) is 0.235. The van der Waals surface area contributed by atoms with Crippen molar-refractivity contribution < 1.29 is 4.79 Å². The minimum absolute atomic E-state index is 0.254. The highest BCUT2D eigenvalue weighted by Crippen LogP contribution is 2.19. The maximum absolute atomic E-state index is 12.0. The van der Waals surface area contributed by atoms with Gasteiger partial charge in [-0.2, -0.15) is 0 Å². The maximum atomic E-state index is 12.0. The molecule has 1 amide bonds. The van der Waals surface area contributed by atoms with Crippen molar-refractivity contribution in [3.05, 3.63) is 53.3 Å². The quantitative estimate of drug-likeness (QED) is 0.874. The summed E-state index contributed by atoms with van der Waals surface area (Å²) in [7, 11) is 0. The van der Waals surface area contributed by atoms with E-state index in [1.807, 2.05) is 18.2 Å². The molecule has 1 aromatic heterocycles. The first kappa shape index (κ1) is 15.5. The lowest BCUT2D eigenvalue weighted by Gasteiger charge is -2.16. The molecule has 2 heterocycles. The topological polar surface area (TPSA) is 58.1 Å². The van der Waals surface area contributed by atoms with Crippen molar-refractivity contribution in [2.75, 3.05) is 23.3 Å². The Morgan fingerprint density at radius 2 is 2.00 bits per heavy atom. The molecule has 0 saturated carbocycles. The lowest BCUT2D eigenvalue weighted by molar-refractivity contribution is -0.111. The number of carbonyl (C=O) groups is 1. The molecule has 5 nitrogen and oxygen atoms in total. The molecule has 1 aliphatic heterocycles. The summed E-state index contributed by atoms with van der Waals surface area (Å²) in [4.78, 5) is 22.6. The van der Waals surface area contributed by atoms with E-state index in [1.165, 1.54) is 25.2 Å². The van der Waals surface area contributed by atoms with Gasteiger partial charge in [-0.3, -0.25) is 4.79 Å². The van der Waals surface area contributed by atoms with E-state index in [0.29, 0.717) is 10.8 Å². The third-order valence-corrected chi connectivity index (χ3v) is 4.00. The average molecular weight is 329 g/mol. The lowest BCUT2D eigenvalue weighted by atomic mass is 10.2. The molecule has 3 rings (SSSR count). The van der Waals surface area contributed by atoms with E-state index in [2.05, 4.69) is 20.2 Å². The Balaban J connectivity index is 1.66. The smallest absolute Gasteiger partial charge is 0.249 e. The van der Waals surface area contributed by atoms with Crippen molar-refractivity contribution in [1.29, 1.82) is 0 Å². The van der Waals surface area contributed by atoms with Crippen LogP contribution in [0.1, 0.15) is 18.4 Å². The van der Waals surface area contributed by atoms with Gasteiger partial charge < -0.3 is 10.2 Å². The van der Waals surface area contributed by atoms with Gasteiger partial charge in [-0.1, -0.05) is 29.8 Å². The first-order valence-electron chi connectivity index (χ1n) is 7.53. The molecule has 0 atom stereocenters. The highest BCUT2D eigenvalue weighted by atomic mass is 35.5. The molecular formula is C17H17ClN4O. The monoisotopic (exact) mass is 328 g/mol. The van der Waals surface area contributed by atoms with E-state index in [9.17, 15) is 4.79 Å². The van der Waals surface area contributed by atoms with Crippen LogP contribution in [0.2, 0.25) is 5.02 Å². The summed E-state index contributed by atoms with van der Waals surface area (Å²) < 4.78 is 0. The Morgan fingerprint density at radius 3 is 2.78 bits per heavy atom. The van der Waals surface area contributed by atoms with Crippen LogP contribution in [0.15, 0.2) is 42.7 Å². The van der Waals surface area contributed by atoms with Crippen molar-refractivity contribution in [2.45, 2.75) is 12.8 Å². The molecule has 0 spiro atoms. The van der Waals surface area contributed by atoms with Crippen LogP contribution in [0.5, 0.6) is 0 Å². The van der Waals surface area contributed by atoms with Gasteiger partial charge in [0.25, 0.3) is 0 Å². The molecule has 0 unspecified atom stereocenters. The third-order valence-electron chi connectivity index (χ3n) is 3.65. The van der Waals surface area contributed by atoms with Gasteiger partial charge in [-0.05, 0) is 30.5 Å². The van der Waals surface area contributed by atoms with E-state index in [4.69, 9.17) is 11.6 Å². The summed E-state index contributed by atoms with van der Waals surface area (Å²) in [6, 6.07) is 9.15. The number of nitrogens with zero attached hydrogens (tertiary/aromatic N) is 3. The summed E-state index contributed by atoms with van der Waals surface area (Å²) in [6.07, 6.45) is 6.94. The van der Waals surface area contributed by atoms with Crippen molar-refractivity contribution in [2.24, 2.45) is 0 Å². The zero-order valence-electron chi connectivity index (χ0n) is 12.6. The Kier molecular flexibility index (Phi) is 4.88. The number of carbonyl (C=O) groups excluding carboxylic acids is 1. The molecule has 1 aromatic carbocycles. The SMILES string of the molecule is O=C(/C=C/c1ccccc1Cl)Nc1cc(N2CCCC2)ncn1. The second-order valence-electron chi connectivity index (χ2n) is 5.30. The molecule has 1 fully saturated rings. The Morgan fingerprint density at radius 1 is 1.22 bits per heavy atom. The predicted molar refractivity (Wildman–Crippen MR) is 92.6 cm³/mol. The fourth-order valence-electron chi connectivity index (χ4n) is 2.48. The van der Waals surface area contributed by atoms with Crippen molar-refractivity contribution in [3.63, 3.8) is 0 Å². The van der Waals surface area contributed by atoms with E-state index < -0.39 is 0 Å². The number of hydrogen-bond acceptors (Lipinski definition) is 4. The maximum Gasteiger partial charge on any atom is 0.249 e. The van der Waals surface area contributed by atoms with Crippen molar-refractivity contribution in [3.8, 4) is 0 Å². The summed E-state index contributed by atoms with van der Waals surface area (Å²) in [5.41, 5.74) is 0.796. The largest absolute Gasteiger partial charge is 0.356 e. The van der Waals surface area contributed by atoms with Gasteiger partial charge >= 0.3 is 0 Å². The van der Waals surface area contributed by atoms with Crippen molar-refractivity contribution >= 4 is 35.2 Å². The van der Waals surface area contributed by atoms with Crippen LogP contribution in [-0.4, -0.2) is 29.0 Å². The van der Waals surface area contributed by atoms with E-state index in [1.54, 1.807) is 18.2 Å². The number of benzene rings is 1. The highest BCUT2D eigenvalue weighted by Gasteiger charge is 2.14. The van der Waals surface area contributed by atoms with Gasteiger partial charge in [0, 0.05) is 30.3 Å². The van der Waals surface area contributed by atoms with Crippen LogP contribution in [0.3, 0.4) is 0 Å². The van der Waals surface area contributed by atoms with Gasteiger partial charge in [0.15, 0.2) is 0 Å². The van der Waals surface area contributed by atoms with Crippen LogP contribution in [0, 0.1) is 0 Å². The minimum atomic E-state index is -0.254. The standard InChI is InChI=1S/C17H17ClN4O/c18-14-6-2-1-5-13(14)7-8-17(23)21-15-11-16(20-12-19-15)22-9-3-4-10-22/h1-2,5-8,11-12H,3-4,9-10H2,(H,19,20,21,23)/b8-7+. The molecular weight excluding hydrogens is 312 g/mol. The molecule has 1 saturated heterocycles. The highest BCUT2D eigenvalue weighted by molar-refractivity contribution is 6.32. The molecule has 6 heteroatoms. The molecule has 0 aliphatic carbocycles. The van der Waals surface area contributed by atoms with E-state index >= 15 is 0 Å². The molecule has 0 radical (unpaired) electrons. The molecule has 2 aromatic rings. The normalized spacial score (nSPS) is 14.4. The Hall–Kier alpha value is -2.40. The predicted octanol–water partition coefficient (Wildman–Crippen LogP) is 3.38. The average Bonchev–Trinajstić information content (AvgIpc) is 3.09. The van der Waals surface area contributed by atoms with Gasteiger partial charge in [-0.15, -0.1) is 0 Å². The van der Waals surface area contributed by atoms with Crippen LogP contribution in [-0.2, 0) is 4.79 Å². The molecule has 1 aliphatic rings. The van der Waals surface area contributed by atoms with Crippen LogP contribution in [0.25, 0.3) is 6.08 Å².